The van der Waals surface area contributed by atoms with Crippen LogP contribution in [0.1, 0.15) is 38.4 Å². The molecule has 1 unspecified atom stereocenters. The molecule has 0 amide bonds. The van der Waals surface area contributed by atoms with Crippen LogP contribution in [0.4, 0.5) is 0 Å². The van der Waals surface area contributed by atoms with Gasteiger partial charge in [-0.15, -0.1) is 0 Å². The maximum absolute atomic E-state index is 10.8. The van der Waals surface area contributed by atoms with E-state index in [-0.39, 0.29) is 11.2 Å². The molecule has 1 aliphatic rings. The predicted octanol–water partition coefficient (Wildman–Crippen LogP) is 4.91. The molecule has 1 saturated carbocycles. The van der Waals surface area contributed by atoms with Gasteiger partial charge in [0.05, 0.1) is 17.1 Å². The van der Waals surface area contributed by atoms with Crippen LogP contribution in [-0.2, 0) is 5.41 Å². The molecule has 26 heavy (non-hydrogen) atoms. The van der Waals surface area contributed by atoms with Crippen molar-refractivity contribution in [1.82, 2.24) is 5.16 Å². The number of hydrogen-bond donors (Lipinski definition) is 2. The van der Waals surface area contributed by atoms with Gasteiger partial charge < -0.3 is 14.7 Å². The second-order valence-electron chi connectivity index (χ2n) is 7.11. The van der Waals surface area contributed by atoms with Crippen molar-refractivity contribution in [2.45, 2.75) is 44.1 Å². The predicted molar refractivity (Wildman–Crippen MR) is 101 cm³/mol. The summed E-state index contributed by atoms with van der Waals surface area (Å²) in [6.07, 6.45) is 3.10. The van der Waals surface area contributed by atoms with Crippen molar-refractivity contribution in [3.8, 4) is 28.1 Å². The Kier molecular flexibility index (Phi) is 4.29. The van der Waals surface area contributed by atoms with Crippen LogP contribution < -0.4 is 0 Å². The highest BCUT2D eigenvalue weighted by molar-refractivity contribution is 5.83. The van der Waals surface area contributed by atoms with E-state index < -0.39 is 6.10 Å². The van der Waals surface area contributed by atoms with Crippen molar-refractivity contribution in [1.29, 1.82) is 0 Å². The van der Waals surface area contributed by atoms with Gasteiger partial charge in [-0.25, -0.2) is 0 Å². The van der Waals surface area contributed by atoms with Crippen LogP contribution in [0, 0.1) is 0 Å². The molecular formula is C22H23NO3. The minimum atomic E-state index is -0.421. The molecule has 1 aliphatic carbocycles. The molecule has 0 saturated heterocycles. The van der Waals surface area contributed by atoms with Crippen molar-refractivity contribution in [3.63, 3.8) is 0 Å². The van der Waals surface area contributed by atoms with Gasteiger partial charge in [0.15, 0.2) is 5.76 Å². The number of phenolic OH excluding ortho intramolecular Hbond substituents is 1. The van der Waals surface area contributed by atoms with Crippen LogP contribution in [0.25, 0.3) is 22.4 Å². The van der Waals surface area contributed by atoms with E-state index in [1.165, 1.54) is 0 Å². The van der Waals surface area contributed by atoms with Crippen LogP contribution in [0.2, 0.25) is 0 Å². The second kappa shape index (κ2) is 6.61. The Morgan fingerprint density at radius 1 is 1.04 bits per heavy atom. The van der Waals surface area contributed by atoms with Crippen LogP contribution in [0.15, 0.2) is 59.1 Å². The fourth-order valence-corrected chi connectivity index (χ4v) is 3.71. The minimum Gasteiger partial charge on any atom is -0.508 e. The van der Waals surface area contributed by atoms with E-state index in [1.54, 1.807) is 12.1 Å². The summed E-state index contributed by atoms with van der Waals surface area (Å²) in [6, 6.07) is 17.0. The van der Waals surface area contributed by atoms with Crippen LogP contribution in [0.3, 0.4) is 0 Å². The van der Waals surface area contributed by atoms with Crippen molar-refractivity contribution in [2.75, 3.05) is 0 Å². The topological polar surface area (TPSA) is 66.5 Å². The Bertz CT molecular complexity index is 880. The van der Waals surface area contributed by atoms with Gasteiger partial charge in [0.1, 0.15) is 11.4 Å². The number of rotatable bonds is 6. The molecule has 3 aromatic rings. The molecule has 134 valence electrons. The van der Waals surface area contributed by atoms with E-state index in [2.05, 4.69) is 12.1 Å². The molecule has 2 aromatic carbocycles. The van der Waals surface area contributed by atoms with Crippen LogP contribution in [-0.4, -0.2) is 21.5 Å². The largest absolute Gasteiger partial charge is 0.508 e. The molecular weight excluding hydrogens is 326 g/mol. The van der Waals surface area contributed by atoms with Crippen molar-refractivity contribution < 1.29 is 14.7 Å². The first-order chi connectivity index (χ1) is 12.7. The van der Waals surface area contributed by atoms with Gasteiger partial charge in [-0.1, -0.05) is 48.8 Å². The summed E-state index contributed by atoms with van der Waals surface area (Å²) >= 11 is 0. The van der Waals surface area contributed by atoms with Gasteiger partial charge in [-0.05, 0) is 49.1 Å². The quantitative estimate of drug-likeness (QED) is 0.664. The van der Waals surface area contributed by atoms with E-state index in [0.29, 0.717) is 0 Å². The number of aromatic nitrogens is 1. The Morgan fingerprint density at radius 3 is 2.35 bits per heavy atom. The third kappa shape index (κ3) is 2.80. The first-order valence-electron chi connectivity index (χ1n) is 9.19. The number of hydrogen-bond acceptors (Lipinski definition) is 4. The summed E-state index contributed by atoms with van der Waals surface area (Å²) in [5, 5.41) is 24.7. The lowest BCUT2D eigenvalue weighted by Crippen LogP contribution is -2.26. The Balaban J connectivity index is 1.87. The van der Waals surface area contributed by atoms with Crippen molar-refractivity contribution in [2.24, 2.45) is 0 Å². The van der Waals surface area contributed by atoms with E-state index in [1.807, 2.05) is 42.5 Å². The third-order valence-electron chi connectivity index (χ3n) is 5.34. The smallest absolute Gasteiger partial charge is 0.153 e. The lowest BCUT2D eigenvalue weighted by atomic mass is 9.86. The molecule has 4 rings (SSSR count). The first kappa shape index (κ1) is 16.9. The zero-order valence-electron chi connectivity index (χ0n) is 14.9. The first-order valence-corrected chi connectivity index (χ1v) is 9.19. The van der Waals surface area contributed by atoms with Crippen LogP contribution in [0.5, 0.6) is 5.75 Å². The average Bonchev–Trinajstić information content (AvgIpc) is 3.36. The number of aliphatic hydroxyl groups excluding tert-OH is 1. The van der Waals surface area contributed by atoms with Gasteiger partial charge in [0, 0.05) is 5.56 Å². The average molecular weight is 349 g/mol. The van der Waals surface area contributed by atoms with Gasteiger partial charge >= 0.3 is 0 Å². The molecule has 1 fully saturated rings. The standard InChI is InChI=1S/C22H23NO3/c1-2-6-18(25)22(13-14-22)21-19(15-7-4-3-5-8-15)20(23-26-21)16-9-11-17(24)12-10-16/h3-5,7-12,18,24-25H,2,6,13-14H2,1H3. The van der Waals surface area contributed by atoms with E-state index >= 15 is 0 Å². The van der Waals surface area contributed by atoms with Crippen molar-refractivity contribution >= 4 is 0 Å². The highest BCUT2D eigenvalue weighted by Gasteiger charge is 2.54. The van der Waals surface area contributed by atoms with Gasteiger partial charge in [-0.2, -0.15) is 0 Å². The number of nitrogens with zero attached hydrogens (tertiary/aromatic N) is 1. The summed E-state index contributed by atoms with van der Waals surface area (Å²) in [4.78, 5) is 0. The Hall–Kier alpha value is -2.59. The van der Waals surface area contributed by atoms with E-state index in [0.717, 1.165) is 53.8 Å². The summed E-state index contributed by atoms with van der Waals surface area (Å²) in [5.74, 6) is 1.00. The molecule has 1 aromatic heterocycles. The summed E-state index contributed by atoms with van der Waals surface area (Å²) < 4.78 is 5.86. The summed E-state index contributed by atoms with van der Waals surface area (Å²) in [5.41, 5.74) is 3.29. The molecule has 2 N–H and O–H groups in total. The lowest BCUT2D eigenvalue weighted by molar-refractivity contribution is 0.107. The fraction of sp³-hybridized carbons (Fsp3) is 0.318. The highest BCUT2D eigenvalue weighted by atomic mass is 16.5. The third-order valence-corrected chi connectivity index (χ3v) is 5.34. The molecule has 4 heteroatoms. The van der Waals surface area contributed by atoms with E-state index in [9.17, 15) is 10.2 Å². The molecule has 0 spiro atoms. The van der Waals surface area contributed by atoms with Crippen molar-refractivity contribution in [3.05, 3.63) is 60.4 Å². The Labute approximate surface area is 153 Å². The van der Waals surface area contributed by atoms with E-state index in [4.69, 9.17) is 4.52 Å². The number of phenols is 1. The Morgan fingerprint density at radius 2 is 1.73 bits per heavy atom. The fourth-order valence-electron chi connectivity index (χ4n) is 3.71. The SMILES string of the molecule is CCCC(O)C1(c2onc(-c3ccc(O)cc3)c2-c2ccccc2)CC1. The number of aromatic hydroxyl groups is 1. The summed E-state index contributed by atoms with van der Waals surface area (Å²) in [7, 11) is 0. The second-order valence-corrected chi connectivity index (χ2v) is 7.11. The summed E-state index contributed by atoms with van der Waals surface area (Å²) in [6.45, 7) is 2.08. The molecule has 0 bridgehead atoms. The molecule has 1 heterocycles. The molecule has 1 atom stereocenters. The lowest BCUT2D eigenvalue weighted by Gasteiger charge is -2.20. The van der Waals surface area contributed by atoms with Gasteiger partial charge in [0.25, 0.3) is 0 Å². The molecule has 0 radical (unpaired) electrons. The number of benzene rings is 2. The normalized spacial score (nSPS) is 16.4. The van der Waals surface area contributed by atoms with Gasteiger partial charge in [-0.3, -0.25) is 0 Å². The monoisotopic (exact) mass is 349 g/mol. The maximum atomic E-state index is 10.8. The van der Waals surface area contributed by atoms with Gasteiger partial charge in [0.2, 0.25) is 0 Å². The molecule has 4 nitrogen and oxygen atoms in total. The molecule has 0 aliphatic heterocycles. The number of aliphatic hydroxyl groups is 1. The zero-order chi connectivity index (χ0) is 18.1. The van der Waals surface area contributed by atoms with Crippen LogP contribution >= 0.6 is 0 Å². The highest BCUT2D eigenvalue weighted by Crippen LogP contribution is 2.56. The maximum Gasteiger partial charge on any atom is 0.153 e. The zero-order valence-corrected chi connectivity index (χ0v) is 14.9. The minimum absolute atomic E-state index is 0.218.